The van der Waals surface area contributed by atoms with E-state index in [1.165, 1.54) is 0 Å². The Hall–Kier alpha value is -7.62. The lowest BCUT2D eigenvalue weighted by Crippen LogP contribution is -2.32. The molecule has 12 rings (SSSR count). The highest BCUT2D eigenvalue weighted by molar-refractivity contribution is 7.50. The Bertz CT molecular complexity index is 3230. The summed E-state index contributed by atoms with van der Waals surface area (Å²) in [6.45, 7) is 7.01. The Balaban J connectivity index is 1.28. The van der Waals surface area contributed by atoms with E-state index in [2.05, 4.69) is 0 Å². The maximum Gasteiger partial charge on any atom is 0.341 e. The van der Waals surface area contributed by atoms with Gasteiger partial charge < -0.3 is 46.5 Å². The molecular weight excluding hydrogens is 1100 g/mol. The van der Waals surface area contributed by atoms with Crippen molar-refractivity contribution in [3.05, 3.63) is 231 Å². The van der Waals surface area contributed by atoms with Crippen molar-refractivity contribution in [3.8, 4) is 34.1 Å². The molecule has 0 unspecified atom stereocenters. The van der Waals surface area contributed by atoms with Gasteiger partial charge in [0.25, 0.3) is 0 Å². The van der Waals surface area contributed by atoms with Crippen LogP contribution in [0.5, 0.6) is 23.0 Å². The molecule has 2 aromatic carbocycles. The van der Waals surface area contributed by atoms with Gasteiger partial charge in [0, 0.05) is 99.1 Å². The first-order chi connectivity index (χ1) is 39.2. The smallest absolute Gasteiger partial charge is 0.341 e. The molecule has 0 amide bonds. The average Bonchev–Trinajstić information content (AvgIpc) is 4.37. The van der Waals surface area contributed by atoms with Gasteiger partial charge in [0.05, 0.1) is 35.5 Å². The summed E-state index contributed by atoms with van der Waals surface area (Å²) in [5, 5.41) is 0. The minimum atomic E-state index is -1.98. The predicted molar refractivity (Wildman–Crippen MR) is 301 cm³/mol. The molecular formula is C56H54N8O12P4. The molecule has 24 heteroatoms. The predicted octanol–water partition coefficient (Wildman–Crippen LogP) is 13.7. The van der Waals surface area contributed by atoms with Crippen molar-refractivity contribution in [2.45, 2.75) is 52.9 Å². The first-order valence-corrected chi connectivity index (χ1v) is 30.3. The van der Waals surface area contributed by atoms with Crippen LogP contribution in [-0.4, -0.2) is 72.4 Å². The van der Waals surface area contributed by atoms with Crippen LogP contribution in [-0.2, 0) is 28.4 Å². The fourth-order valence-electron chi connectivity index (χ4n) is 8.96. The van der Waals surface area contributed by atoms with Crippen molar-refractivity contribution in [1.82, 2.24) is 34.7 Å². The molecule has 0 spiro atoms. The molecule has 0 aliphatic carbocycles. The highest BCUT2D eigenvalue weighted by Gasteiger charge is 2.45. The third kappa shape index (κ3) is 10.6. The van der Waals surface area contributed by atoms with Gasteiger partial charge in [-0.05, 0) is 137 Å². The normalized spacial score (nSPS) is 16.9. The minimum absolute atomic E-state index is 0.000992. The summed E-state index contributed by atoms with van der Waals surface area (Å²) in [4.78, 5) is 30.6. The van der Waals surface area contributed by atoms with Crippen LogP contribution in [0.3, 0.4) is 0 Å². The Morgan fingerprint density at radius 2 is 0.588 bits per heavy atom. The van der Waals surface area contributed by atoms with E-state index in [0.29, 0.717) is 0 Å². The molecule has 410 valence electrons. The van der Waals surface area contributed by atoms with E-state index in [-0.39, 0.29) is 69.6 Å². The quantitative estimate of drug-likeness (QED) is 0.0440. The first-order valence-electron chi connectivity index (χ1n) is 25.6. The van der Waals surface area contributed by atoms with Crippen LogP contribution in [0.2, 0.25) is 0 Å². The topological polar surface area (TPSA) is 166 Å². The summed E-state index contributed by atoms with van der Waals surface area (Å²) in [5.74, 6) is -1.30. The lowest BCUT2D eigenvalue weighted by Gasteiger charge is -2.38. The summed E-state index contributed by atoms with van der Waals surface area (Å²) in [6, 6.07) is 33.7. The van der Waals surface area contributed by atoms with Crippen LogP contribution in [0.1, 0.15) is 72.1 Å². The van der Waals surface area contributed by atoms with Gasteiger partial charge in [0.1, 0.15) is 22.6 Å². The monoisotopic (exact) mass is 1150 g/mol. The zero-order valence-electron chi connectivity index (χ0n) is 43.6. The van der Waals surface area contributed by atoms with Gasteiger partial charge in [-0.25, -0.2) is 9.59 Å². The molecule has 0 radical (unpaired) electrons. The van der Waals surface area contributed by atoms with Crippen molar-refractivity contribution >= 4 is 45.7 Å². The van der Waals surface area contributed by atoms with Gasteiger partial charge in [-0.15, -0.1) is 0 Å². The molecule has 2 aliphatic rings. The highest BCUT2D eigenvalue weighted by Crippen LogP contribution is 2.64. The zero-order chi connectivity index (χ0) is 54.7. The number of rotatable bonds is 23. The molecule has 20 nitrogen and oxygen atoms in total. The van der Waals surface area contributed by atoms with E-state index in [1.54, 1.807) is 39.8 Å². The van der Waals surface area contributed by atoms with Crippen molar-refractivity contribution in [3.63, 3.8) is 0 Å². The molecule has 2 aliphatic heterocycles. The number of ether oxygens (including phenoxy) is 6. The number of esters is 2. The Labute approximate surface area is 465 Å². The van der Waals surface area contributed by atoms with Crippen LogP contribution in [0.4, 0.5) is 0 Å². The number of carbonyl (C=O) groups is 2. The lowest BCUT2D eigenvalue weighted by molar-refractivity contribution is -0.383. The van der Waals surface area contributed by atoms with E-state index in [4.69, 9.17) is 46.5 Å². The van der Waals surface area contributed by atoms with Crippen LogP contribution >= 0.6 is 33.8 Å². The Morgan fingerprint density at radius 3 is 0.787 bits per heavy atom. The van der Waals surface area contributed by atoms with Crippen molar-refractivity contribution in [2.24, 2.45) is 0 Å². The second kappa shape index (κ2) is 23.6. The standard InChI is InChI=1S/C56H54N8O12P4/c1-5-67-53(65)43-39-45(55-69-41(3)70-55)51(75-79(61-31-15-16-32-61)62-33-17-18-34-62)47(49(43)73-77(57-23-7-8-24-57)58-25-9-10-26-58)48-50(74-78(59-27-11-12-28-59)60-29-13-14-30-60)44(54(66)68-6-2)40-46(56-71-42(4)72-56)52(48)76-80(63-35-19-20-36-63)64-37-21-22-38-64/h7-42,55-56H,5-6H2,1-4H3. The number of hydrogen-bond acceptors (Lipinski definition) is 12. The van der Waals surface area contributed by atoms with Crippen molar-refractivity contribution < 1.29 is 56.1 Å². The summed E-state index contributed by atoms with van der Waals surface area (Å²) < 4.78 is 83.9. The first kappa shape index (κ1) is 53.0. The van der Waals surface area contributed by atoms with Crippen LogP contribution in [0.25, 0.3) is 11.1 Å². The molecule has 10 heterocycles. The van der Waals surface area contributed by atoms with Gasteiger partial charge >= 0.3 is 45.7 Å². The van der Waals surface area contributed by atoms with E-state index in [0.717, 1.165) is 0 Å². The van der Waals surface area contributed by atoms with E-state index < -0.39 is 70.9 Å². The average molecular weight is 1150 g/mol. The van der Waals surface area contributed by atoms with Crippen LogP contribution in [0.15, 0.2) is 208 Å². The van der Waals surface area contributed by atoms with Crippen LogP contribution < -0.4 is 18.1 Å². The fraction of sp³-hybridized carbons (Fsp3) is 0.179. The van der Waals surface area contributed by atoms with E-state index in [1.807, 2.05) is 231 Å². The molecule has 8 aromatic heterocycles. The number of aromatic nitrogens is 8. The Kier molecular flexibility index (Phi) is 15.7. The van der Waals surface area contributed by atoms with E-state index >= 15 is 9.59 Å². The summed E-state index contributed by atoms with van der Waals surface area (Å²) in [5.41, 5.74) is 0.709. The number of hydrogen-bond donors (Lipinski definition) is 0. The Morgan fingerprint density at radius 1 is 0.375 bits per heavy atom. The molecule has 0 atom stereocenters. The molecule has 80 heavy (non-hydrogen) atoms. The third-order valence-corrected chi connectivity index (χ3v) is 19.2. The molecule has 0 saturated carbocycles. The van der Waals surface area contributed by atoms with Gasteiger partial charge in [0.2, 0.25) is 0 Å². The highest BCUT2D eigenvalue weighted by atomic mass is 31.2. The van der Waals surface area contributed by atoms with Crippen molar-refractivity contribution in [1.29, 1.82) is 0 Å². The molecule has 0 N–H and O–H groups in total. The lowest BCUT2D eigenvalue weighted by atomic mass is 9.91. The van der Waals surface area contributed by atoms with E-state index in [9.17, 15) is 0 Å². The van der Waals surface area contributed by atoms with Crippen LogP contribution in [0, 0.1) is 0 Å². The van der Waals surface area contributed by atoms with Gasteiger partial charge in [-0.2, -0.15) is 0 Å². The maximum absolute atomic E-state index is 15.3. The molecule has 2 saturated heterocycles. The van der Waals surface area contributed by atoms with Gasteiger partial charge in [-0.1, -0.05) is 0 Å². The summed E-state index contributed by atoms with van der Waals surface area (Å²) in [7, 11) is -7.82. The second-order valence-electron chi connectivity index (χ2n) is 17.8. The summed E-state index contributed by atoms with van der Waals surface area (Å²) >= 11 is 0. The third-order valence-electron chi connectivity index (χ3n) is 12.5. The van der Waals surface area contributed by atoms with Gasteiger partial charge in [0.15, 0.2) is 36.7 Å². The largest absolute Gasteiger partial charge is 0.462 e. The number of nitrogens with zero attached hydrogens (tertiary/aromatic N) is 8. The number of carbonyl (C=O) groups excluding carboxylic acids is 2. The van der Waals surface area contributed by atoms with Crippen molar-refractivity contribution in [2.75, 3.05) is 13.2 Å². The SMILES string of the molecule is CCOC(=O)c1cc(C2OC(C)O2)c(OP(n2cccc2)n2cccc2)c(-c2c(OP(n3cccc3)n3cccc3)c(C(=O)OCC)cc(C3OC(C)O3)c2OP(n2cccc2)n2cccc2)c1OP(n1cccc1)n1cccc1. The second-order valence-corrected chi connectivity index (χ2v) is 24.2. The fourth-order valence-corrected chi connectivity index (χ4v) is 15.1. The molecule has 0 bridgehead atoms. The maximum atomic E-state index is 15.3. The zero-order valence-corrected chi connectivity index (χ0v) is 47.2. The summed E-state index contributed by atoms with van der Waals surface area (Å²) in [6.07, 6.45) is 26.8. The van der Waals surface area contributed by atoms with Gasteiger partial charge in [-0.3, -0.25) is 34.7 Å². The number of benzene rings is 2. The minimum Gasteiger partial charge on any atom is -0.462 e. The molecule has 10 aromatic rings. The molecule has 2 fully saturated rings.